The van der Waals surface area contributed by atoms with Crippen LogP contribution in [0.5, 0.6) is 5.88 Å². The number of unbranched alkanes of at least 4 members (excludes halogenated alkanes) is 3. The Labute approximate surface area is 122 Å². The van der Waals surface area contributed by atoms with Crippen molar-refractivity contribution in [3.63, 3.8) is 0 Å². The molecule has 0 atom stereocenters. The fourth-order valence-electron chi connectivity index (χ4n) is 2.07. The van der Waals surface area contributed by atoms with Gasteiger partial charge in [0.1, 0.15) is 5.69 Å². The van der Waals surface area contributed by atoms with Gasteiger partial charge in [-0.25, -0.2) is 0 Å². The van der Waals surface area contributed by atoms with E-state index in [4.69, 9.17) is 7.48 Å². The third-order valence-corrected chi connectivity index (χ3v) is 3.64. The molecular formula is C14H23N3OS. The summed E-state index contributed by atoms with van der Waals surface area (Å²) < 4.78 is 28.9. The summed E-state index contributed by atoms with van der Waals surface area (Å²) in [5.74, 6) is 0.638. The van der Waals surface area contributed by atoms with Crippen molar-refractivity contribution in [3.8, 4) is 5.88 Å². The maximum Gasteiger partial charge on any atom is 0.253 e. The summed E-state index contributed by atoms with van der Waals surface area (Å²) >= 11 is 1.18. The predicted octanol–water partition coefficient (Wildman–Crippen LogP) is 3.22. The third kappa shape index (κ3) is 4.28. The largest absolute Gasteiger partial charge is 0.475 e. The molecule has 4 nitrogen and oxygen atoms in total. The minimum Gasteiger partial charge on any atom is -0.475 e. The molecule has 1 aromatic heterocycles. The monoisotopic (exact) mass is 283 g/mol. The summed E-state index contributed by atoms with van der Waals surface area (Å²) in [5, 5.41) is 0. The highest BCUT2D eigenvalue weighted by molar-refractivity contribution is 6.99. The van der Waals surface area contributed by atoms with Crippen LogP contribution in [0.1, 0.15) is 47.4 Å². The first kappa shape index (κ1) is 11.9. The molecule has 0 amide bonds. The molecule has 106 valence electrons. The average Bonchev–Trinajstić information content (AvgIpc) is 2.99. The van der Waals surface area contributed by atoms with Gasteiger partial charge in [0.15, 0.2) is 0 Å². The molecule has 0 fully saturated rings. The Kier molecular flexibility index (Phi) is 4.74. The van der Waals surface area contributed by atoms with Crippen LogP contribution in [0.4, 0.5) is 0 Å². The predicted molar refractivity (Wildman–Crippen MR) is 79.6 cm³/mol. The van der Waals surface area contributed by atoms with E-state index in [0.717, 1.165) is 56.5 Å². The van der Waals surface area contributed by atoms with E-state index >= 15 is 0 Å². The number of hydrogen-bond donors (Lipinski definition) is 0. The lowest BCUT2D eigenvalue weighted by Gasteiger charge is -2.22. The Morgan fingerprint density at radius 2 is 2.42 bits per heavy atom. The highest BCUT2D eigenvalue weighted by Crippen LogP contribution is 2.27. The number of ether oxygens (including phenoxy) is 1. The molecule has 0 bridgehead atoms. The van der Waals surface area contributed by atoms with E-state index in [-0.39, 0.29) is 0 Å². The van der Waals surface area contributed by atoms with Crippen molar-refractivity contribution in [1.82, 2.24) is 13.6 Å². The second kappa shape index (κ2) is 7.60. The number of nitrogens with zero attached hydrogens (tertiary/aromatic N) is 3. The summed E-state index contributed by atoms with van der Waals surface area (Å²) in [4.78, 5) is 2.08. The van der Waals surface area contributed by atoms with Crippen molar-refractivity contribution in [2.24, 2.45) is 0 Å². The molecule has 0 saturated heterocycles. The fourth-order valence-corrected chi connectivity index (χ4v) is 2.60. The van der Waals surface area contributed by atoms with Gasteiger partial charge in [-0.15, -0.1) is 4.37 Å². The molecule has 2 heterocycles. The summed E-state index contributed by atoms with van der Waals surface area (Å²) in [6, 6.07) is 0. The molecule has 0 N–H and O–H groups in total. The normalized spacial score (nSPS) is 17.8. The standard InChI is InChI=1S/C14H23N3OS/c1-3-4-5-6-10-18-14-13(15-19-16-14)12-8-7-9-17(2)11-12/h8H,3-7,9-11H2,1-2H3/i1D,2D. The Morgan fingerprint density at radius 1 is 1.42 bits per heavy atom. The van der Waals surface area contributed by atoms with Gasteiger partial charge in [0.25, 0.3) is 5.88 Å². The first-order chi connectivity index (χ1) is 10.3. The first-order valence-electron chi connectivity index (χ1n) is 8.22. The zero-order chi connectivity index (χ0) is 14.9. The zero-order valence-electron chi connectivity index (χ0n) is 13.3. The van der Waals surface area contributed by atoms with Gasteiger partial charge in [-0.05, 0) is 25.4 Å². The second-order valence-electron chi connectivity index (χ2n) is 4.75. The third-order valence-electron chi connectivity index (χ3n) is 3.13. The quantitative estimate of drug-likeness (QED) is 0.720. The van der Waals surface area contributed by atoms with Crippen molar-refractivity contribution in [1.29, 1.82) is 0 Å². The van der Waals surface area contributed by atoms with Crippen molar-refractivity contribution in [2.75, 3.05) is 26.7 Å². The summed E-state index contributed by atoms with van der Waals surface area (Å²) in [5.41, 5.74) is 1.98. The van der Waals surface area contributed by atoms with Crippen molar-refractivity contribution in [2.45, 2.75) is 39.0 Å². The molecule has 0 spiro atoms. The van der Waals surface area contributed by atoms with E-state index in [1.807, 2.05) is 0 Å². The van der Waals surface area contributed by atoms with Crippen LogP contribution in [0.15, 0.2) is 6.08 Å². The average molecular weight is 283 g/mol. The maximum absolute atomic E-state index is 7.48. The lowest BCUT2D eigenvalue weighted by atomic mass is 10.1. The van der Waals surface area contributed by atoms with Gasteiger partial charge in [0.05, 0.1) is 18.3 Å². The lowest BCUT2D eigenvalue weighted by Crippen LogP contribution is -2.25. The number of likely N-dealkylation sites (N-methyl/N-ethyl adjacent to an activating group) is 1. The van der Waals surface area contributed by atoms with E-state index in [1.54, 1.807) is 0 Å². The van der Waals surface area contributed by atoms with Gasteiger partial charge in [0.2, 0.25) is 0 Å². The molecule has 0 aliphatic carbocycles. The molecule has 0 radical (unpaired) electrons. The van der Waals surface area contributed by atoms with Gasteiger partial charge in [-0.1, -0.05) is 32.2 Å². The molecule has 0 aromatic carbocycles. The van der Waals surface area contributed by atoms with Crippen LogP contribution in [0.25, 0.3) is 5.57 Å². The van der Waals surface area contributed by atoms with E-state index in [2.05, 4.69) is 19.7 Å². The number of hydrogen-bond acceptors (Lipinski definition) is 5. The number of rotatable bonds is 7. The Hall–Kier alpha value is -0.940. The lowest BCUT2D eigenvalue weighted by molar-refractivity contribution is 0.294. The highest BCUT2D eigenvalue weighted by atomic mass is 32.1. The maximum atomic E-state index is 7.48. The Morgan fingerprint density at radius 3 is 3.32 bits per heavy atom. The van der Waals surface area contributed by atoms with Crippen LogP contribution in [0.2, 0.25) is 0 Å². The van der Waals surface area contributed by atoms with Gasteiger partial charge in [-0.2, -0.15) is 4.37 Å². The molecule has 0 saturated carbocycles. The van der Waals surface area contributed by atoms with Crippen LogP contribution in [-0.4, -0.2) is 40.4 Å². The summed E-state index contributed by atoms with van der Waals surface area (Å²) in [7, 11) is 0.321. The van der Waals surface area contributed by atoms with Crippen LogP contribution in [0.3, 0.4) is 0 Å². The van der Waals surface area contributed by atoms with Gasteiger partial charge >= 0.3 is 0 Å². The number of aromatic nitrogens is 2. The molecular weight excluding hydrogens is 258 g/mol. The minimum atomic E-state index is 0.321. The summed E-state index contributed by atoms with van der Waals surface area (Å²) in [6.45, 7) is 2.87. The minimum absolute atomic E-state index is 0.321. The van der Waals surface area contributed by atoms with Gasteiger partial charge in [0, 0.05) is 15.8 Å². The van der Waals surface area contributed by atoms with E-state index in [9.17, 15) is 0 Å². The van der Waals surface area contributed by atoms with Crippen LogP contribution < -0.4 is 4.74 Å². The second-order valence-corrected chi connectivity index (χ2v) is 5.28. The van der Waals surface area contributed by atoms with Gasteiger partial charge in [-0.3, -0.25) is 0 Å². The summed E-state index contributed by atoms with van der Waals surface area (Å²) in [6.07, 6.45) is 7.30. The van der Waals surface area contributed by atoms with E-state index in [0.29, 0.717) is 26.4 Å². The molecule has 0 unspecified atom stereocenters. The van der Waals surface area contributed by atoms with Gasteiger partial charge < -0.3 is 9.64 Å². The van der Waals surface area contributed by atoms with Crippen LogP contribution >= 0.6 is 11.7 Å². The van der Waals surface area contributed by atoms with Crippen LogP contribution in [0, 0.1) is 0 Å². The fraction of sp³-hybridized carbons (Fsp3) is 0.714. The molecule has 19 heavy (non-hydrogen) atoms. The van der Waals surface area contributed by atoms with E-state index < -0.39 is 0 Å². The Balaban J connectivity index is 1.83. The van der Waals surface area contributed by atoms with Crippen molar-refractivity contribution >= 4 is 17.3 Å². The molecule has 5 heteroatoms. The highest BCUT2D eigenvalue weighted by Gasteiger charge is 2.18. The van der Waals surface area contributed by atoms with Crippen molar-refractivity contribution in [3.05, 3.63) is 11.8 Å². The van der Waals surface area contributed by atoms with Crippen LogP contribution in [-0.2, 0) is 0 Å². The SMILES string of the molecule is [2H]CCCCCCOc1nsnc1C1=CCCN(C[2H])C1. The van der Waals surface area contributed by atoms with Crippen molar-refractivity contribution < 1.29 is 7.48 Å². The topological polar surface area (TPSA) is 38.3 Å². The molecule has 1 aromatic rings. The Bertz CT molecular complexity index is 453. The van der Waals surface area contributed by atoms with E-state index in [1.165, 1.54) is 11.7 Å². The molecule has 2 rings (SSSR count). The first-order valence-corrected chi connectivity index (χ1v) is 7.53. The molecule has 1 aliphatic heterocycles. The zero-order valence-corrected chi connectivity index (χ0v) is 12.1. The molecule has 1 aliphatic rings. The smallest absolute Gasteiger partial charge is 0.253 e.